The number of nitrogens with zero attached hydrogens (tertiary/aromatic N) is 6. The average Bonchev–Trinajstić information content (AvgIpc) is 2.57. The van der Waals surface area contributed by atoms with E-state index >= 15 is 0 Å². The maximum atomic E-state index is 4.73. The monoisotopic (exact) mass is 298 g/mol. The van der Waals surface area contributed by atoms with Crippen LogP contribution in [-0.4, -0.2) is 59.9 Å². The molecule has 2 aromatic rings. The molecular formula is C16H22N6. The first-order valence-corrected chi connectivity index (χ1v) is 7.73. The molecule has 0 spiro atoms. The normalized spacial score (nSPS) is 15.8. The van der Waals surface area contributed by atoms with Gasteiger partial charge in [0.2, 0.25) is 0 Å². The van der Waals surface area contributed by atoms with Crippen LogP contribution in [-0.2, 0) is 0 Å². The van der Waals surface area contributed by atoms with Crippen LogP contribution < -0.4 is 9.80 Å². The number of hydrogen-bond donors (Lipinski definition) is 0. The Hall–Kier alpha value is -2.21. The highest BCUT2D eigenvalue weighted by Gasteiger charge is 2.18. The molecule has 0 N–H and O–H groups in total. The fraction of sp³-hybridized carbons (Fsp3) is 0.438. The minimum Gasteiger partial charge on any atom is -0.353 e. The Morgan fingerprint density at radius 2 is 1.82 bits per heavy atom. The van der Waals surface area contributed by atoms with Gasteiger partial charge in [-0.3, -0.25) is 0 Å². The summed E-state index contributed by atoms with van der Waals surface area (Å²) >= 11 is 0. The van der Waals surface area contributed by atoms with Gasteiger partial charge >= 0.3 is 0 Å². The summed E-state index contributed by atoms with van der Waals surface area (Å²) in [6.45, 7) is 6.96. The molecule has 1 aliphatic heterocycles. The lowest BCUT2D eigenvalue weighted by Gasteiger charge is -2.33. The number of piperazine rings is 1. The first-order chi connectivity index (χ1) is 10.8. The van der Waals surface area contributed by atoms with Crippen molar-refractivity contribution in [3.05, 3.63) is 36.5 Å². The Balaban J connectivity index is 1.84. The average molecular weight is 298 g/mol. The van der Waals surface area contributed by atoms with Gasteiger partial charge in [0.05, 0.1) is 6.20 Å². The van der Waals surface area contributed by atoms with Gasteiger partial charge < -0.3 is 14.7 Å². The van der Waals surface area contributed by atoms with Gasteiger partial charge in [-0.2, -0.15) is 10.1 Å². The van der Waals surface area contributed by atoms with E-state index < -0.39 is 0 Å². The lowest BCUT2D eigenvalue weighted by molar-refractivity contribution is 0.312. The van der Waals surface area contributed by atoms with E-state index in [1.165, 1.54) is 0 Å². The van der Waals surface area contributed by atoms with E-state index in [1.54, 1.807) is 6.20 Å². The summed E-state index contributed by atoms with van der Waals surface area (Å²) in [6.07, 6.45) is 1.76. The molecule has 1 fully saturated rings. The van der Waals surface area contributed by atoms with Crippen molar-refractivity contribution < 1.29 is 0 Å². The zero-order valence-corrected chi connectivity index (χ0v) is 13.2. The molecule has 0 saturated carbocycles. The molecule has 1 aromatic heterocycles. The number of para-hydroxylation sites is 1. The first-order valence-electron chi connectivity index (χ1n) is 7.73. The van der Waals surface area contributed by atoms with Crippen LogP contribution in [0.4, 0.5) is 17.5 Å². The van der Waals surface area contributed by atoms with Crippen LogP contribution in [0.3, 0.4) is 0 Å². The molecule has 1 aliphatic rings. The second kappa shape index (κ2) is 6.70. The molecule has 0 amide bonds. The van der Waals surface area contributed by atoms with Crippen LogP contribution >= 0.6 is 0 Å². The Morgan fingerprint density at radius 3 is 2.50 bits per heavy atom. The highest BCUT2D eigenvalue weighted by Crippen LogP contribution is 2.22. The first kappa shape index (κ1) is 14.7. The van der Waals surface area contributed by atoms with Crippen molar-refractivity contribution >= 4 is 17.5 Å². The SMILES string of the molecule is CCN(c1ccccc1)c1nncc(N2CCN(C)CC2)n1. The lowest BCUT2D eigenvalue weighted by Crippen LogP contribution is -2.45. The molecule has 116 valence electrons. The molecule has 1 saturated heterocycles. The van der Waals surface area contributed by atoms with Crippen LogP contribution in [0.25, 0.3) is 0 Å². The van der Waals surface area contributed by atoms with Crippen LogP contribution in [0.15, 0.2) is 36.5 Å². The quantitative estimate of drug-likeness (QED) is 0.857. The summed E-state index contributed by atoms with van der Waals surface area (Å²) in [7, 11) is 2.15. The van der Waals surface area contributed by atoms with Crippen molar-refractivity contribution in [1.29, 1.82) is 0 Å². The lowest BCUT2D eigenvalue weighted by atomic mass is 10.3. The topological polar surface area (TPSA) is 48.4 Å². The third-order valence-electron chi connectivity index (χ3n) is 3.99. The van der Waals surface area contributed by atoms with E-state index in [-0.39, 0.29) is 0 Å². The predicted octanol–water partition coefficient (Wildman–Crippen LogP) is 1.78. The molecule has 1 aromatic carbocycles. The van der Waals surface area contributed by atoms with Gasteiger partial charge in [-0.15, -0.1) is 5.10 Å². The summed E-state index contributed by atoms with van der Waals surface area (Å²) in [5.74, 6) is 1.57. The number of rotatable bonds is 4. The van der Waals surface area contributed by atoms with Crippen molar-refractivity contribution in [3.8, 4) is 0 Å². The molecule has 0 radical (unpaired) electrons. The smallest absolute Gasteiger partial charge is 0.251 e. The van der Waals surface area contributed by atoms with Crippen LogP contribution in [0.1, 0.15) is 6.92 Å². The van der Waals surface area contributed by atoms with Gasteiger partial charge in [-0.1, -0.05) is 18.2 Å². The Morgan fingerprint density at radius 1 is 1.09 bits per heavy atom. The van der Waals surface area contributed by atoms with Gasteiger partial charge in [0.15, 0.2) is 5.82 Å². The van der Waals surface area contributed by atoms with E-state index in [1.807, 2.05) is 18.2 Å². The van der Waals surface area contributed by atoms with E-state index in [4.69, 9.17) is 4.98 Å². The molecule has 0 atom stereocenters. The fourth-order valence-corrected chi connectivity index (χ4v) is 2.64. The van der Waals surface area contributed by atoms with Crippen LogP contribution in [0, 0.1) is 0 Å². The van der Waals surface area contributed by atoms with Crippen LogP contribution in [0.5, 0.6) is 0 Å². The van der Waals surface area contributed by atoms with E-state index in [0.29, 0.717) is 5.95 Å². The molecule has 3 rings (SSSR count). The van der Waals surface area contributed by atoms with Gasteiger partial charge in [0, 0.05) is 38.4 Å². The Labute approximate surface area is 131 Å². The van der Waals surface area contributed by atoms with E-state index in [9.17, 15) is 0 Å². The molecule has 22 heavy (non-hydrogen) atoms. The third-order valence-corrected chi connectivity index (χ3v) is 3.99. The van der Waals surface area contributed by atoms with E-state index in [0.717, 1.165) is 44.2 Å². The minimum absolute atomic E-state index is 0.658. The third kappa shape index (κ3) is 3.17. The summed E-state index contributed by atoms with van der Waals surface area (Å²) < 4.78 is 0. The standard InChI is InChI=1S/C16H22N6/c1-3-22(14-7-5-4-6-8-14)16-18-15(13-17-19-16)21-11-9-20(2)10-12-21/h4-8,13H,3,9-12H2,1-2H3. The zero-order chi connectivity index (χ0) is 15.4. The number of likely N-dealkylation sites (N-methyl/N-ethyl adjacent to an activating group) is 1. The highest BCUT2D eigenvalue weighted by atomic mass is 15.4. The Bertz CT molecular complexity index is 595. The number of anilines is 3. The maximum absolute atomic E-state index is 4.73. The van der Waals surface area contributed by atoms with Crippen LogP contribution in [0.2, 0.25) is 0 Å². The van der Waals surface area contributed by atoms with Crippen molar-refractivity contribution in [2.45, 2.75) is 6.92 Å². The van der Waals surface area contributed by atoms with Crippen molar-refractivity contribution in [2.75, 3.05) is 49.6 Å². The summed E-state index contributed by atoms with van der Waals surface area (Å²) in [5.41, 5.74) is 1.09. The maximum Gasteiger partial charge on any atom is 0.251 e. The minimum atomic E-state index is 0.658. The van der Waals surface area contributed by atoms with Crippen molar-refractivity contribution in [3.63, 3.8) is 0 Å². The van der Waals surface area contributed by atoms with Gasteiger partial charge in [-0.05, 0) is 26.1 Å². The second-order valence-electron chi connectivity index (χ2n) is 5.48. The molecule has 6 heteroatoms. The molecule has 6 nitrogen and oxygen atoms in total. The zero-order valence-electron chi connectivity index (χ0n) is 13.2. The van der Waals surface area contributed by atoms with Gasteiger partial charge in [0.1, 0.15) is 0 Å². The molecule has 0 bridgehead atoms. The summed E-state index contributed by atoms with van der Waals surface area (Å²) in [5, 5.41) is 8.39. The summed E-state index contributed by atoms with van der Waals surface area (Å²) in [6, 6.07) is 10.2. The molecule has 0 aliphatic carbocycles. The van der Waals surface area contributed by atoms with Gasteiger partial charge in [-0.25, -0.2) is 0 Å². The number of benzene rings is 1. The number of aromatic nitrogens is 3. The highest BCUT2D eigenvalue weighted by molar-refractivity contribution is 5.57. The van der Waals surface area contributed by atoms with Crippen molar-refractivity contribution in [2.24, 2.45) is 0 Å². The molecule has 2 heterocycles. The molecule has 0 unspecified atom stereocenters. The fourth-order valence-electron chi connectivity index (χ4n) is 2.64. The van der Waals surface area contributed by atoms with Gasteiger partial charge in [0.25, 0.3) is 5.95 Å². The molecular weight excluding hydrogens is 276 g/mol. The summed E-state index contributed by atoms with van der Waals surface area (Å²) in [4.78, 5) is 11.4. The largest absolute Gasteiger partial charge is 0.353 e. The predicted molar refractivity (Wildman–Crippen MR) is 88.7 cm³/mol. The van der Waals surface area contributed by atoms with E-state index in [2.05, 4.69) is 51.0 Å². The second-order valence-corrected chi connectivity index (χ2v) is 5.48. The Kier molecular flexibility index (Phi) is 4.48. The number of hydrogen-bond acceptors (Lipinski definition) is 6. The van der Waals surface area contributed by atoms with Crippen molar-refractivity contribution in [1.82, 2.24) is 20.1 Å².